The van der Waals surface area contributed by atoms with Gasteiger partial charge in [0.1, 0.15) is 11.6 Å². The SMILES string of the molecule is CNc1cc([N+](=O)[O-])cc(NC(C)CC(F)(F)F)n1. The molecule has 0 aliphatic rings. The van der Waals surface area contributed by atoms with Crippen LogP contribution in [0.25, 0.3) is 0 Å². The third-order valence-corrected chi connectivity index (χ3v) is 2.21. The Morgan fingerprint density at radius 1 is 1.42 bits per heavy atom. The van der Waals surface area contributed by atoms with Crippen LogP contribution in [0.5, 0.6) is 0 Å². The number of alkyl halides is 3. The van der Waals surface area contributed by atoms with Crippen LogP contribution in [-0.4, -0.2) is 29.2 Å². The first kappa shape index (κ1) is 15.0. The molecule has 0 spiro atoms. The first-order valence-electron chi connectivity index (χ1n) is 5.39. The second-order valence-electron chi connectivity index (χ2n) is 3.97. The molecule has 0 saturated carbocycles. The molecular formula is C10H13F3N4O2. The molecule has 0 aromatic carbocycles. The highest BCUT2D eigenvalue weighted by Gasteiger charge is 2.30. The molecule has 19 heavy (non-hydrogen) atoms. The number of anilines is 2. The molecule has 1 atom stereocenters. The second-order valence-corrected chi connectivity index (χ2v) is 3.97. The average Bonchev–Trinajstić information content (AvgIpc) is 2.25. The summed E-state index contributed by atoms with van der Waals surface area (Å²) in [6.45, 7) is 1.33. The zero-order valence-corrected chi connectivity index (χ0v) is 10.3. The minimum absolute atomic E-state index is 0.0234. The number of hydrogen-bond donors (Lipinski definition) is 2. The fraction of sp³-hybridized carbons (Fsp3) is 0.500. The molecule has 6 nitrogen and oxygen atoms in total. The normalized spacial score (nSPS) is 12.9. The van der Waals surface area contributed by atoms with Crippen molar-refractivity contribution in [3.63, 3.8) is 0 Å². The van der Waals surface area contributed by atoms with Gasteiger partial charge in [0.05, 0.1) is 23.5 Å². The van der Waals surface area contributed by atoms with E-state index in [0.717, 1.165) is 6.07 Å². The maximum atomic E-state index is 12.2. The van der Waals surface area contributed by atoms with Crippen LogP contribution in [0.3, 0.4) is 0 Å². The average molecular weight is 278 g/mol. The van der Waals surface area contributed by atoms with Crippen molar-refractivity contribution in [2.45, 2.75) is 25.6 Å². The number of pyridine rings is 1. The van der Waals surface area contributed by atoms with Crippen LogP contribution in [0, 0.1) is 10.1 Å². The highest BCUT2D eigenvalue weighted by Crippen LogP contribution is 2.25. The third-order valence-electron chi connectivity index (χ3n) is 2.21. The number of rotatable bonds is 5. The summed E-state index contributed by atoms with van der Waals surface area (Å²) in [5, 5.41) is 15.8. The molecule has 0 radical (unpaired) electrons. The van der Waals surface area contributed by atoms with Crippen molar-refractivity contribution in [2.24, 2.45) is 0 Å². The zero-order valence-electron chi connectivity index (χ0n) is 10.3. The predicted octanol–water partition coefficient (Wildman–Crippen LogP) is 2.78. The van der Waals surface area contributed by atoms with E-state index in [0.29, 0.717) is 0 Å². The molecule has 0 bridgehead atoms. The summed E-state index contributed by atoms with van der Waals surface area (Å²) in [7, 11) is 1.51. The van der Waals surface area contributed by atoms with Gasteiger partial charge in [0, 0.05) is 13.1 Å². The molecule has 1 heterocycles. The molecule has 1 rings (SSSR count). The Morgan fingerprint density at radius 2 is 2.00 bits per heavy atom. The van der Waals surface area contributed by atoms with E-state index in [1.807, 2.05) is 0 Å². The highest BCUT2D eigenvalue weighted by atomic mass is 19.4. The van der Waals surface area contributed by atoms with Gasteiger partial charge in [-0.2, -0.15) is 13.2 Å². The quantitative estimate of drug-likeness (QED) is 0.639. The van der Waals surface area contributed by atoms with Gasteiger partial charge in [0.25, 0.3) is 5.69 Å². The van der Waals surface area contributed by atoms with E-state index in [2.05, 4.69) is 15.6 Å². The molecule has 9 heteroatoms. The monoisotopic (exact) mass is 278 g/mol. The molecule has 0 aliphatic heterocycles. The summed E-state index contributed by atoms with van der Waals surface area (Å²) in [5.74, 6) is 0.228. The number of aromatic nitrogens is 1. The first-order valence-corrected chi connectivity index (χ1v) is 5.39. The van der Waals surface area contributed by atoms with E-state index >= 15 is 0 Å². The van der Waals surface area contributed by atoms with Crippen LogP contribution in [0.4, 0.5) is 30.5 Å². The van der Waals surface area contributed by atoms with E-state index < -0.39 is 23.6 Å². The van der Waals surface area contributed by atoms with Gasteiger partial charge in [0.2, 0.25) is 0 Å². The molecule has 1 aromatic heterocycles. The molecule has 0 amide bonds. The van der Waals surface area contributed by atoms with Crippen LogP contribution in [-0.2, 0) is 0 Å². The summed E-state index contributed by atoms with van der Waals surface area (Å²) in [4.78, 5) is 14.0. The topological polar surface area (TPSA) is 80.1 Å². The van der Waals surface area contributed by atoms with E-state index in [-0.39, 0.29) is 17.3 Å². The molecule has 2 N–H and O–H groups in total. The Balaban J connectivity index is 2.88. The molecule has 1 unspecified atom stereocenters. The number of nitro groups is 1. The second kappa shape index (κ2) is 5.72. The van der Waals surface area contributed by atoms with Gasteiger partial charge in [-0.15, -0.1) is 0 Å². The number of nitrogens with zero attached hydrogens (tertiary/aromatic N) is 2. The summed E-state index contributed by atoms with van der Waals surface area (Å²) in [6, 6.07) is 1.35. The molecule has 106 valence electrons. The van der Waals surface area contributed by atoms with Gasteiger partial charge >= 0.3 is 6.18 Å². The molecule has 0 fully saturated rings. The van der Waals surface area contributed by atoms with E-state index in [1.54, 1.807) is 0 Å². The van der Waals surface area contributed by atoms with Gasteiger partial charge in [-0.05, 0) is 6.92 Å². The maximum Gasteiger partial charge on any atom is 0.391 e. The Morgan fingerprint density at radius 3 is 2.47 bits per heavy atom. The minimum atomic E-state index is -4.31. The van der Waals surface area contributed by atoms with Crippen molar-refractivity contribution in [1.82, 2.24) is 4.98 Å². The van der Waals surface area contributed by atoms with Crippen LogP contribution in [0.15, 0.2) is 12.1 Å². The molecule has 0 aliphatic carbocycles. The van der Waals surface area contributed by atoms with Crippen molar-refractivity contribution in [3.8, 4) is 0 Å². The third kappa shape index (κ3) is 4.98. The lowest BCUT2D eigenvalue weighted by atomic mass is 10.2. The largest absolute Gasteiger partial charge is 0.391 e. The summed E-state index contributed by atoms with van der Waals surface area (Å²) in [5.41, 5.74) is -0.249. The van der Waals surface area contributed by atoms with E-state index in [1.165, 1.54) is 20.0 Å². The number of halogens is 3. The van der Waals surface area contributed by atoms with Crippen LogP contribution in [0.2, 0.25) is 0 Å². The van der Waals surface area contributed by atoms with Crippen molar-refractivity contribution in [2.75, 3.05) is 17.7 Å². The van der Waals surface area contributed by atoms with Gasteiger partial charge in [0.15, 0.2) is 0 Å². The van der Waals surface area contributed by atoms with Gasteiger partial charge < -0.3 is 10.6 Å². The predicted molar refractivity (Wildman–Crippen MR) is 64.2 cm³/mol. The Bertz CT molecular complexity index is 465. The van der Waals surface area contributed by atoms with Crippen molar-refractivity contribution in [1.29, 1.82) is 0 Å². The van der Waals surface area contributed by atoms with Gasteiger partial charge in [-0.25, -0.2) is 4.98 Å². The number of hydrogen-bond acceptors (Lipinski definition) is 5. The maximum absolute atomic E-state index is 12.2. The van der Waals surface area contributed by atoms with E-state index in [4.69, 9.17) is 0 Å². The Labute approximate surface area is 107 Å². The van der Waals surface area contributed by atoms with Crippen LogP contribution in [0.1, 0.15) is 13.3 Å². The molecule has 0 saturated heterocycles. The molecule has 1 aromatic rings. The summed E-state index contributed by atoms with van der Waals surface area (Å²) < 4.78 is 36.5. The zero-order chi connectivity index (χ0) is 14.6. The highest BCUT2D eigenvalue weighted by molar-refractivity contribution is 5.54. The summed E-state index contributed by atoms with van der Waals surface area (Å²) in [6.07, 6.45) is -5.36. The Hall–Kier alpha value is -2.06. The smallest absolute Gasteiger partial charge is 0.373 e. The lowest BCUT2D eigenvalue weighted by Crippen LogP contribution is -2.24. The van der Waals surface area contributed by atoms with Gasteiger partial charge in [-0.3, -0.25) is 10.1 Å². The fourth-order valence-electron chi connectivity index (χ4n) is 1.47. The molecular weight excluding hydrogens is 265 g/mol. The van der Waals surface area contributed by atoms with E-state index in [9.17, 15) is 23.3 Å². The van der Waals surface area contributed by atoms with Crippen molar-refractivity contribution < 1.29 is 18.1 Å². The first-order chi connectivity index (χ1) is 8.71. The lowest BCUT2D eigenvalue weighted by Gasteiger charge is -2.16. The van der Waals surface area contributed by atoms with Gasteiger partial charge in [-0.1, -0.05) is 0 Å². The fourth-order valence-corrected chi connectivity index (χ4v) is 1.47. The Kier molecular flexibility index (Phi) is 4.52. The minimum Gasteiger partial charge on any atom is -0.373 e. The van der Waals surface area contributed by atoms with Crippen LogP contribution < -0.4 is 10.6 Å². The lowest BCUT2D eigenvalue weighted by molar-refractivity contribution is -0.384. The summed E-state index contributed by atoms with van der Waals surface area (Å²) >= 11 is 0. The van der Waals surface area contributed by atoms with Crippen LogP contribution >= 0.6 is 0 Å². The van der Waals surface area contributed by atoms with Crippen molar-refractivity contribution >= 4 is 17.3 Å². The van der Waals surface area contributed by atoms with Crippen molar-refractivity contribution in [3.05, 3.63) is 22.2 Å². The number of nitrogens with one attached hydrogen (secondary N) is 2. The standard InChI is InChI=1S/C10H13F3N4O2/c1-6(5-10(11,12)13)15-9-4-7(17(18)19)3-8(14-2)16-9/h3-4,6H,5H2,1-2H3,(H2,14,15,16).